The number of nitrogen functional groups attached to an aromatic ring is 1. The molecule has 0 aliphatic rings. The van der Waals surface area contributed by atoms with E-state index in [9.17, 15) is 4.79 Å². The summed E-state index contributed by atoms with van der Waals surface area (Å²) in [6, 6.07) is 6.22. The van der Waals surface area contributed by atoms with E-state index in [1.54, 1.807) is 18.2 Å². The topological polar surface area (TPSA) is 56.2 Å². The number of nitrogens with two attached hydrogens (primary N) is 1. The van der Waals surface area contributed by atoms with Crippen LogP contribution >= 0.6 is 11.6 Å². The first-order valence-electron chi connectivity index (χ1n) is 3.66. The van der Waals surface area contributed by atoms with Crippen molar-refractivity contribution in [3.05, 3.63) is 39.7 Å². The molecule has 66 valence electrons. The molecule has 0 saturated heterocycles. The first kappa shape index (κ1) is 8.13. The Morgan fingerprint density at radius 2 is 2.08 bits per heavy atom. The number of anilines is 1. The number of fused-ring (bicyclic) bond motifs is 1. The molecule has 4 heteroatoms. The monoisotopic (exact) mass is 195 g/mol. The van der Waals surface area contributed by atoms with Crippen LogP contribution in [0.1, 0.15) is 0 Å². The van der Waals surface area contributed by atoms with Crippen LogP contribution in [0.4, 0.5) is 5.69 Å². The predicted molar refractivity (Wildman–Crippen MR) is 51.9 cm³/mol. The second-order valence-corrected chi connectivity index (χ2v) is 3.10. The van der Waals surface area contributed by atoms with Gasteiger partial charge in [-0.3, -0.25) is 0 Å². The second-order valence-electron chi connectivity index (χ2n) is 2.66. The number of halogens is 1. The lowest BCUT2D eigenvalue weighted by Crippen LogP contribution is -1.99. The van der Waals surface area contributed by atoms with Crippen LogP contribution in [0, 0.1) is 0 Å². The summed E-state index contributed by atoms with van der Waals surface area (Å²) in [4.78, 5) is 10.9. The van der Waals surface area contributed by atoms with Crippen LogP contribution in [0.3, 0.4) is 0 Å². The van der Waals surface area contributed by atoms with Crippen molar-refractivity contribution < 1.29 is 4.42 Å². The Bertz CT molecular complexity index is 518. The van der Waals surface area contributed by atoms with Crippen molar-refractivity contribution in [3.8, 4) is 0 Å². The van der Waals surface area contributed by atoms with Gasteiger partial charge < -0.3 is 10.2 Å². The van der Waals surface area contributed by atoms with E-state index >= 15 is 0 Å². The van der Waals surface area contributed by atoms with Gasteiger partial charge in [0.2, 0.25) is 0 Å². The summed E-state index contributed by atoms with van der Waals surface area (Å²) in [6.07, 6.45) is 0. The molecule has 1 aromatic heterocycles. The van der Waals surface area contributed by atoms with E-state index in [2.05, 4.69) is 0 Å². The lowest BCUT2D eigenvalue weighted by Gasteiger charge is -1.99. The minimum atomic E-state index is -0.465. The highest BCUT2D eigenvalue weighted by molar-refractivity contribution is 6.31. The molecule has 0 saturated carbocycles. The molecule has 1 heterocycles. The molecular formula is C9H6ClNO2. The summed E-state index contributed by atoms with van der Waals surface area (Å²) in [6.45, 7) is 0. The van der Waals surface area contributed by atoms with E-state index in [-0.39, 0.29) is 0 Å². The molecule has 0 radical (unpaired) electrons. The largest absolute Gasteiger partial charge is 0.423 e. The predicted octanol–water partition coefficient (Wildman–Crippen LogP) is 2.03. The van der Waals surface area contributed by atoms with Gasteiger partial charge in [-0.15, -0.1) is 0 Å². The summed E-state index contributed by atoms with van der Waals surface area (Å²) >= 11 is 5.72. The lowest BCUT2D eigenvalue weighted by atomic mass is 10.2. The lowest BCUT2D eigenvalue weighted by molar-refractivity contribution is 0.562. The molecule has 0 unspecified atom stereocenters. The summed E-state index contributed by atoms with van der Waals surface area (Å²) in [7, 11) is 0. The molecular weight excluding hydrogens is 190 g/mol. The maximum atomic E-state index is 10.9. The van der Waals surface area contributed by atoms with Gasteiger partial charge in [0.05, 0.1) is 0 Å². The van der Waals surface area contributed by atoms with Gasteiger partial charge in [0, 0.05) is 28.2 Å². The third kappa shape index (κ3) is 1.38. The van der Waals surface area contributed by atoms with E-state index in [0.29, 0.717) is 21.7 Å². The van der Waals surface area contributed by atoms with Crippen molar-refractivity contribution >= 4 is 28.3 Å². The highest BCUT2D eigenvalue weighted by Crippen LogP contribution is 2.21. The van der Waals surface area contributed by atoms with Gasteiger partial charge in [-0.05, 0) is 12.1 Å². The van der Waals surface area contributed by atoms with Crippen LogP contribution in [0.15, 0.2) is 33.5 Å². The molecule has 1 aromatic carbocycles. The SMILES string of the molecule is Nc1cc(=O)oc2cc(Cl)ccc12. The maximum Gasteiger partial charge on any atom is 0.338 e. The van der Waals surface area contributed by atoms with Gasteiger partial charge in [0.15, 0.2) is 0 Å². The average molecular weight is 196 g/mol. The van der Waals surface area contributed by atoms with E-state index < -0.39 is 5.63 Å². The molecule has 0 fully saturated rings. The Kier molecular flexibility index (Phi) is 1.74. The molecule has 2 rings (SSSR count). The van der Waals surface area contributed by atoms with E-state index in [1.807, 2.05) is 0 Å². The average Bonchev–Trinajstić information content (AvgIpc) is 2.02. The summed E-state index contributed by atoms with van der Waals surface area (Å²) in [5.41, 5.74) is 5.96. The molecule has 13 heavy (non-hydrogen) atoms. The van der Waals surface area contributed by atoms with Crippen molar-refractivity contribution in [2.24, 2.45) is 0 Å². The Labute approximate surface area is 78.7 Å². The number of benzene rings is 1. The molecule has 2 N–H and O–H groups in total. The fraction of sp³-hybridized carbons (Fsp3) is 0. The maximum absolute atomic E-state index is 10.9. The fourth-order valence-electron chi connectivity index (χ4n) is 1.16. The fourth-order valence-corrected chi connectivity index (χ4v) is 1.32. The smallest absolute Gasteiger partial charge is 0.338 e. The Balaban J connectivity index is 2.94. The van der Waals surface area contributed by atoms with Gasteiger partial charge >= 0.3 is 5.63 Å². The first-order valence-corrected chi connectivity index (χ1v) is 4.03. The third-order valence-corrected chi connectivity index (χ3v) is 1.97. The summed E-state index contributed by atoms with van der Waals surface area (Å²) in [5, 5.41) is 1.21. The minimum absolute atomic E-state index is 0.405. The van der Waals surface area contributed by atoms with Gasteiger partial charge in [-0.2, -0.15) is 0 Å². The van der Waals surface area contributed by atoms with Gasteiger partial charge in [0.25, 0.3) is 0 Å². The van der Waals surface area contributed by atoms with E-state index in [4.69, 9.17) is 21.8 Å². The third-order valence-electron chi connectivity index (χ3n) is 1.74. The molecule has 0 atom stereocenters. The van der Waals surface area contributed by atoms with Crippen molar-refractivity contribution in [1.82, 2.24) is 0 Å². The highest BCUT2D eigenvalue weighted by Gasteiger charge is 2.02. The second kappa shape index (κ2) is 2.78. The van der Waals surface area contributed by atoms with E-state index in [1.165, 1.54) is 6.07 Å². The van der Waals surface area contributed by atoms with Gasteiger partial charge in [-0.25, -0.2) is 4.79 Å². The molecule has 0 spiro atoms. The zero-order chi connectivity index (χ0) is 9.42. The van der Waals surface area contributed by atoms with Crippen molar-refractivity contribution in [2.75, 3.05) is 5.73 Å². The van der Waals surface area contributed by atoms with Crippen LogP contribution in [-0.4, -0.2) is 0 Å². The molecule has 0 aliphatic heterocycles. The molecule has 2 aromatic rings. The molecule has 3 nitrogen and oxygen atoms in total. The number of hydrogen-bond acceptors (Lipinski definition) is 3. The summed E-state index contributed by atoms with van der Waals surface area (Å²) < 4.78 is 4.90. The Morgan fingerprint density at radius 3 is 2.85 bits per heavy atom. The standard InChI is InChI=1S/C9H6ClNO2/c10-5-1-2-6-7(11)4-9(12)13-8(6)3-5/h1-4H,11H2. The van der Waals surface area contributed by atoms with Crippen molar-refractivity contribution in [2.45, 2.75) is 0 Å². The van der Waals surface area contributed by atoms with Crippen LogP contribution in [0.2, 0.25) is 5.02 Å². The molecule has 0 amide bonds. The van der Waals surface area contributed by atoms with Gasteiger partial charge in [0.1, 0.15) is 5.58 Å². The molecule has 0 aliphatic carbocycles. The normalized spacial score (nSPS) is 10.5. The van der Waals surface area contributed by atoms with Crippen LogP contribution in [0.5, 0.6) is 0 Å². The first-order chi connectivity index (χ1) is 6.16. The molecule has 0 bridgehead atoms. The van der Waals surface area contributed by atoms with Crippen LogP contribution in [-0.2, 0) is 0 Å². The van der Waals surface area contributed by atoms with E-state index in [0.717, 1.165) is 0 Å². The zero-order valence-corrected chi connectivity index (χ0v) is 7.34. The van der Waals surface area contributed by atoms with Crippen LogP contribution in [0.25, 0.3) is 11.0 Å². The van der Waals surface area contributed by atoms with Crippen LogP contribution < -0.4 is 11.4 Å². The van der Waals surface area contributed by atoms with Gasteiger partial charge in [-0.1, -0.05) is 11.6 Å². The number of rotatable bonds is 0. The Hall–Kier alpha value is -1.48. The quantitative estimate of drug-likeness (QED) is 0.655. The number of hydrogen-bond donors (Lipinski definition) is 1. The highest BCUT2D eigenvalue weighted by atomic mass is 35.5. The zero-order valence-electron chi connectivity index (χ0n) is 6.58. The minimum Gasteiger partial charge on any atom is -0.423 e. The summed E-state index contributed by atoms with van der Waals surface area (Å²) in [5.74, 6) is 0. The van der Waals surface area contributed by atoms with Crippen molar-refractivity contribution in [3.63, 3.8) is 0 Å². The van der Waals surface area contributed by atoms with Crippen molar-refractivity contribution in [1.29, 1.82) is 0 Å². The Morgan fingerprint density at radius 1 is 1.31 bits per heavy atom.